The molecular weight excluding hydrogens is 349 g/mol. The Labute approximate surface area is 156 Å². The molecular formula is C20H18FN3O3. The van der Waals surface area contributed by atoms with E-state index in [1.165, 1.54) is 30.6 Å². The van der Waals surface area contributed by atoms with E-state index in [2.05, 4.69) is 15.3 Å². The molecule has 138 valence electrons. The van der Waals surface area contributed by atoms with Gasteiger partial charge >= 0.3 is 0 Å². The van der Waals surface area contributed by atoms with Crippen LogP contribution in [0.15, 0.2) is 60.9 Å². The van der Waals surface area contributed by atoms with Crippen LogP contribution in [0.5, 0.6) is 17.4 Å². The molecule has 27 heavy (non-hydrogen) atoms. The van der Waals surface area contributed by atoms with Gasteiger partial charge in [0.25, 0.3) is 0 Å². The third kappa shape index (κ3) is 5.86. The monoisotopic (exact) mass is 367 g/mol. The van der Waals surface area contributed by atoms with Crippen LogP contribution in [0.1, 0.15) is 16.1 Å². The SMILES string of the molecule is O=Cc1ccc(OCCNCc2cc(Oc3ccc(F)cc3)ncn2)cc1. The van der Waals surface area contributed by atoms with Crippen molar-refractivity contribution in [3.05, 3.63) is 78.0 Å². The van der Waals surface area contributed by atoms with Crippen molar-refractivity contribution in [2.75, 3.05) is 13.2 Å². The summed E-state index contributed by atoms with van der Waals surface area (Å²) in [4.78, 5) is 18.8. The lowest BCUT2D eigenvalue weighted by Gasteiger charge is -2.08. The zero-order valence-corrected chi connectivity index (χ0v) is 14.5. The summed E-state index contributed by atoms with van der Waals surface area (Å²) >= 11 is 0. The van der Waals surface area contributed by atoms with E-state index in [0.717, 1.165) is 12.0 Å². The summed E-state index contributed by atoms with van der Waals surface area (Å²) in [6.07, 6.45) is 2.21. The zero-order valence-electron chi connectivity index (χ0n) is 14.5. The Morgan fingerprint density at radius 1 is 1.00 bits per heavy atom. The highest BCUT2D eigenvalue weighted by molar-refractivity contribution is 5.74. The van der Waals surface area contributed by atoms with E-state index in [1.54, 1.807) is 30.3 Å². The maximum absolute atomic E-state index is 12.9. The Bertz CT molecular complexity index is 870. The summed E-state index contributed by atoms with van der Waals surface area (Å²) in [5.74, 6) is 1.28. The van der Waals surface area contributed by atoms with E-state index in [0.29, 0.717) is 42.6 Å². The fraction of sp³-hybridized carbons (Fsp3) is 0.150. The first-order chi connectivity index (χ1) is 13.2. The quantitative estimate of drug-likeness (QED) is 0.462. The Balaban J connectivity index is 1.42. The number of ether oxygens (including phenoxy) is 2. The summed E-state index contributed by atoms with van der Waals surface area (Å²) in [6, 6.07) is 14.4. The van der Waals surface area contributed by atoms with Crippen LogP contribution in [-0.2, 0) is 6.54 Å². The molecule has 0 saturated heterocycles. The fourth-order valence-corrected chi connectivity index (χ4v) is 2.25. The summed E-state index contributed by atoms with van der Waals surface area (Å²) in [6.45, 7) is 1.62. The topological polar surface area (TPSA) is 73.3 Å². The van der Waals surface area contributed by atoms with E-state index >= 15 is 0 Å². The molecule has 0 bridgehead atoms. The van der Waals surface area contributed by atoms with Gasteiger partial charge in [0, 0.05) is 24.7 Å². The van der Waals surface area contributed by atoms with Crippen LogP contribution in [0.25, 0.3) is 0 Å². The molecule has 0 saturated carbocycles. The number of hydrogen-bond acceptors (Lipinski definition) is 6. The molecule has 3 aromatic rings. The Morgan fingerprint density at radius 3 is 2.48 bits per heavy atom. The largest absolute Gasteiger partial charge is 0.492 e. The second-order valence-electron chi connectivity index (χ2n) is 5.62. The van der Waals surface area contributed by atoms with Crippen LogP contribution in [0.4, 0.5) is 4.39 Å². The van der Waals surface area contributed by atoms with Gasteiger partial charge in [-0.25, -0.2) is 14.4 Å². The van der Waals surface area contributed by atoms with Gasteiger partial charge in [-0.15, -0.1) is 0 Å². The van der Waals surface area contributed by atoms with Gasteiger partial charge in [-0.3, -0.25) is 4.79 Å². The second kappa shape index (κ2) is 9.40. The molecule has 3 rings (SSSR count). The van der Waals surface area contributed by atoms with Crippen molar-refractivity contribution in [1.29, 1.82) is 0 Å². The van der Waals surface area contributed by atoms with E-state index < -0.39 is 0 Å². The van der Waals surface area contributed by atoms with Crippen molar-refractivity contribution in [2.24, 2.45) is 0 Å². The number of carbonyl (C=O) groups is 1. The van der Waals surface area contributed by atoms with Gasteiger partial charge in [0.2, 0.25) is 5.88 Å². The third-order valence-corrected chi connectivity index (χ3v) is 3.60. The standard InChI is InChI=1S/C20H18FN3O3/c21-16-3-7-19(8-4-16)27-20-11-17(23-14-24-20)12-22-9-10-26-18-5-1-15(13-25)2-6-18/h1-8,11,13-14,22H,9-10,12H2. The number of nitrogens with one attached hydrogen (secondary N) is 1. The molecule has 0 aliphatic heterocycles. The van der Waals surface area contributed by atoms with Crippen molar-refractivity contribution in [3.8, 4) is 17.4 Å². The maximum Gasteiger partial charge on any atom is 0.222 e. The highest BCUT2D eigenvalue weighted by atomic mass is 19.1. The number of benzene rings is 2. The Hall–Kier alpha value is -3.32. The first-order valence-electron chi connectivity index (χ1n) is 8.36. The lowest BCUT2D eigenvalue weighted by atomic mass is 10.2. The van der Waals surface area contributed by atoms with Gasteiger partial charge < -0.3 is 14.8 Å². The zero-order chi connectivity index (χ0) is 18.9. The maximum atomic E-state index is 12.9. The average molecular weight is 367 g/mol. The molecule has 0 aliphatic rings. The highest BCUT2D eigenvalue weighted by Gasteiger charge is 2.02. The van der Waals surface area contributed by atoms with Gasteiger partial charge in [0.15, 0.2) is 0 Å². The molecule has 1 heterocycles. The Morgan fingerprint density at radius 2 is 1.74 bits per heavy atom. The highest BCUT2D eigenvalue weighted by Crippen LogP contribution is 2.19. The molecule has 1 N–H and O–H groups in total. The van der Waals surface area contributed by atoms with Crippen molar-refractivity contribution < 1.29 is 18.7 Å². The Kier molecular flexibility index (Phi) is 6.43. The van der Waals surface area contributed by atoms with E-state index in [9.17, 15) is 9.18 Å². The molecule has 2 aromatic carbocycles. The molecule has 0 unspecified atom stereocenters. The van der Waals surface area contributed by atoms with Crippen molar-refractivity contribution in [1.82, 2.24) is 15.3 Å². The van der Waals surface area contributed by atoms with Crippen LogP contribution in [0.2, 0.25) is 0 Å². The summed E-state index contributed by atoms with van der Waals surface area (Å²) < 4.78 is 24.1. The lowest BCUT2D eigenvalue weighted by Crippen LogP contribution is -2.21. The van der Waals surface area contributed by atoms with E-state index in [4.69, 9.17) is 9.47 Å². The lowest BCUT2D eigenvalue weighted by molar-refractivity contribution is 0.112. The predicted octanol–water partition coefficient (Wildman–Crippen LogP) is 3.39. The van der Waals surface area contributed by atoms with Gasteiger partial charge in [-0.1, -0.05) is 0 Å². The number of hydrogen-bond donors (Lipinski definition) is 1. The predicted molar refractivity (Wildman–Crippen MR) is 97.5 cm³/mol. The van der Waals surface area contributed by atoms with Crippen molar-refractivity contribution >= 4 is 6.29 Å². The summed E-state index contributed by atoms with van der Waals surface area (Å²) in [7, 11) is 0. The molecule has 1 aromatic heterocycles. The minimum absolute atomic E-state index is 0.322. The number of nitrogens with zero attached hydrogens (tertiary/aromatic N) is 2. The van der Waals surface area contributed by atoms with Crippen LogP contribution >= 0.6 is 0 Å². The van der Waals surface area contributed by atoms with E-state index in [-0.39, 0.29) is 5.82 Å². The smallest absolute Gasteiger partial charge is 0.222 e. The van der Waals surface area contributed by atoms with Crippen LogP contribution in [0, 0.1) is 5.82 Å². The minimum Gasteiger partial charge on any atom is -0.492 e. The van der Waals surface area contributed by atoms with Crippen LogP contribution < -0.4 is 14.8 Å². The van der Waals surface area contributed by atoms with Crippen LogP contribution in [0.3, 0.4) is 0 Å². The normalized spacial score (nSPS) is 10.4. The van der Waals surface area contributed by atoms with Gasteiger partial charge in [0.1, 0.15) is 36.5 Å². The number of aldehydes is 1. The van der Waals surface area contributed by atoms with Gasteiger partial charge in [-0.2, -0.15) is 0 Å². The molecule has 0 fully saturated rings. The minimum atomic E-state index is -0.322. The number of rotatable bonds is 9. The second-order valence-corrected chi connectivity index (χ2v) is 5.62. The molecule has 6 nitrogen and oxygen atoms in total. The molecule has 0 aliphatic carbocycles. The molecule has 0 atom stereocenters. The summed E-state index contributed by atoms with van der Waals surface area (Å²) in [5, 5.41) is 3.22. The van der Waals surface area contributed by atoms with Gasteiger partial charge in [0.05, 0.1) is 5.69 Å². The number of halogens is 1. The summed E-state index contributed by atoms with van der Waals surface area (Å²) in [5.41, 5.74) is 1.38. The molecule has 7 heteroatoms. The van der Waals surface area contributed by atoms with Crippen LogP contribution in [-0.4, -0.2) is 29.4 Å². The first kappa shape index (κ1) is 18.5. The molecule has 0 spiro atoms. The van der Waals surface area contributed by atoms with Gasteiger partial charge in [-0.05, 0) is 48.5 Å². The van der Waals surface area contributed by atoms with Crippen molar-refractivity contribution in [2.45, 2.75) is 6.54 Å². The molecule has 0 amide bonds. The fourth-order valence-electron chi connectivity index (χ4n) is 2.25. The number of aromatic nitrogens is 2. The van der Waals surface area contributed by atoms with Crippen molar-refractivity contribution in [3.63, 3.8) is 0 Å². The molecule has 0 radical (unpaired) electrons. The first-order valence-corrected chi connectivity index (χ1v) is 8.36. The third-order valence-electron chi connectivity index (χ3n) is 3.60. The number of carbonyl (C=O) groups excluding carboxylic acids is 1. The van der Waals surface area contributed by atoms with E-state index in [1.807, 2.05) is 0 Å². The average Bonchev–Trinajstić information content (AvgIpc) is 2.70.